The van der Waals surface area contributed by atoms with Crippen molar-refractivity contribution in [3.05, 3.63) is 35.9 Å². The fraction of sp³-hybridized carbons (Fsp3) is 0.760. The fourth-order valence-electron chi connectivity index (χ4n) is 5.62. The highest BCUT2D eigenvalue weighted by Crippen LogP contribution is 2.34. The van der Waals surface area contributed by atoms with Crippen LogP contribution in [0.3, 0.4) is 0 Å². The van der Waals surface area contributed by atoms with Crippen LogP contribution in [0.4, 0.5) is 0 Å². The van der Waals surface area contributed by atoms with E-state index in [2.05, 4.69) is 99.2 Å². The Morgan fingerprint density at radius 3 is 2.41 bits per heavy atom. The van der Waals surface area contributed by atoms with Crippen LogP contribution in [0, 0.1) is 11.8 Å². The van der Waals surface area contributed by atoms with Crippen LogP contribution in [-0.2, 0) is 6.42 Å². The molecule has 3 rings (SSSR count). The lowest BCUT2D eigenvalue weighted by atomic mass is 9.98. The summed E-state index contributed by atoms with van der Waals surface area (Å²) in [6, 6.07) is 12.9. The van der Waals surface area contributed by atoms with E-state index in [0.29, 0.717) is 36.4 Å². The Balaban J connectivity index is 1.61. The molecule has 0 aliphatic carbocycles. The summed E-state index contributed by atoms with van der Waals surface area (Å²) in [6.45, 7) is 15.6. The topological polar surface area (TPSA) is 21.8 Å². The van der Waals surface area contributed by atoms with Gasteiger partial charge < -0.3 is 0 Å². The van der Waals surface area contributed by atoms with Crippen molar-refractivity contribution in [2.24, 2.45) is 11.8 Å². The third kappa shape index (κ3) is 5.22. The van der Waals surface area contributed by atoms with Crippen LogP contribution < -0.4 is 5.43 Å². The third-order valence-corrected chi connectivity index (χ3v) is 7.59. The normalized spacial score (nSPS) is 33.0. The quantitative estimate of drug-likeness (QED) is 0.689. The lowest BCUT2D eigenvalue weighted by Crippen LogP contribution is -2.49. The summed E-state index contributed by atoms with van der Waals surface area (Å²) in [5.74, 6) is 1.40. The minimum Gasteiger partial charge on any atom is -0.297 e. The number of hydrogen-bond acceptors (Lipinski definition) is 4. The van der Waals surface area contributed by atoms with Gasteiger partial charge in [0.2, 0.25) is 0 Å². The average molecular weight is 401 g/mol. The van der Waals surface area contributed by atoms with E-state index in [1.54, 1.807) is 0 Å². The second-order valence-corrected chi connectivity index (χ2v) is 10.0. The molecule has 6 atom stereocenters. The number of hydrogen-bond donors (Lipinski definition) is 1. The lowest BCUT2D eigenvalue weighted by molar-refractivity contribution is 0.0676. The number of aryl methyl sites for hydroxylation is 1. The van der Waals surface area contributed by atoms with Crippen LogP contribution in [-0.4, -0.2) is 58.9 Å². The zero-order valence-corrected chi connectivity index (χ0v) is 19.8. The van der Waals surface area contributed by atoms with Gasteiger partial charge in [0.25, 0.3) is 0 Å². The van der Waals surface area contributed by atoms with E-state index < -0.39 is 0 Å². The molecule has 4 heteroatoms. The van der Waals surface area contributed by atoms with Crippen molar-refractivity contribution in [3.63, 3.8) is 0 Å². The molecule has 164 valence electrons. The predicted octanol–water partition coefficient (Wildman–Crippen LogP) is 4.58. The highest BCUT2D eigenvalue weighted by molar-refractivity contribution is 5.14. The first kappa shape index (κ1) is 22.7. The lowest BCUT2D eigenvalue weighted by Gasteiger charge is -2.38. The number of rotatable bonds is 8. The Kier molecular flexibility index (Phi) is 7.77. The molecule has 2 fully saturated rings. The van der Waals surface area contributed by atoms with E-state index in [4.69, 9.17) is 0 Å². The van der Waals surface area contributed by atoms with Crippen molar-refractivity contribution < 1.29 is 0 Å². The first-order chi connectivity index (χ1) is 13.8. The molecule has 2 heterocycles. The van der Waals surface area contributed by atoms with Crippen molar-refractivity contribution in [3.8, 4) is 0 Å². The average Bonchev–Trinajstić information content (AvgIpc) is 3.13. The van der Waals surface area contributed by atoms with E-state index in [1.165, 1.54) is 37.8 Å². The van der Waals surface area contributed by atoms with Gasteiger partial charge in [-0.25, -0.2) is 10.4 Å². The summed E-state index contributed by atoms with van der Waals surface area (Å²) in [4.78, 5) is 5.53. The fourth-order valence-corrected chi connectivity index (χ4v) is 5.62. The van der Waals surface area contributed by atoms with E-state index in [9.17, 15) is 0 Å². The van der Waals surface area contributed by atoms with Crippen LogP contribution >= 0.6 is 0 Å². The minimum absolute atomic E-state index is 0.438. The first-order valence-corrected chi connectivity index (χ1v) is 11.9. The van der Waals surface area contributed by atoms with Crippen LogP contribution in [0.25, 0.3) is 0 Å². The van der Waals surface area contributed by atoms with E-state index in [1.807, 2.05) is 0 Å². The van der Waals surface area contributed by atoms with Crippen molar-refractivity contribution in [1.29, 1.82) is 0 Å². The second kappa shape index (κ2) is 9.91. The Bertz CT molecular complexity index is 619. The standard InChI is InChI=1S/C25H44N4/c1-18(2)25-26-27(7)22(6)29(25)20(4)17-24-16-19(3)21(5)28(24)15-11-14-23-12-9-8-10-13-23/h8-10,12-13,18-22,24-26H,11,14-17H2,1-7H3. The molecule has 2 aliphatic rings. The van der Waals surface area contributed by atoms with Gasteiger partial charge in [-0.05, 0) is 70.4 Å². The number of nitrogens with one attached hydrogen (secondary N) is 1. The molecule has 0 saturated carbocycles. The molecule has 1 aromatic carbocycles. The molecule has 6 unspecified atom stereocenters. The highest BCUT2D eigenvalue weighted by atomic mass is 15.7. The number of nitrogens with zero attached hydrogens (tertiary/aromatic N) is 3. The van der Waals surface area contributed by atoms with Gasteiger partial charge in [0, 0.05) is 25.2 Å². The highest BCUT2D eigenvalue weighted by Gasteiger charge is 2.42. The molecule has 0 bridgehead atoms. The van der Waals surface area contributed by atoms with Crippen molar-refractivity contribution in [2.45, 2.75) is 97.7 Å². The van der Waals surface area contributed by atoms with Gasteiger partial charge in [0.1, 0.15) is 0 Å². The number of likely N-dealkylation sites (tertiary alicyclic amines) is 1. The molecule has 2 aliphatic heterocycles. The molecule has 0 radical (unpaired) electrons. The molecule has 1 N–H and O–H groups in total. The second-order valence-electron chi connectivity index (χ2n) is 10.0. The summed E-state index contributed by atoms with van der Waals surface area (Å²) in [6.07, 6.45) is 5.93. The van der Waals surface area contributed by atoms with Crippen LogP contribution in [0.5, 0.6) is 0 Å². The summed E-state index contributed by atoms with van der Waals surface area (Å²) < 4.78 is 0. The Labute approximate surface area is 179 Å². The Hall–Kier alpha value is -0.940. The molecule has 0 aromatic heterocycles. The smallest absolute Gasteiger partial charge is 0.0770 e. The molecule has 4 nitrogen and oxygen atoms in total. The van der Waals surface area contributed by atoms with E-state index in [-0.39, 0.29) is 0 Å². The maximum Gasteiger partial charge on any atom is 0.0770 e. The molecule has 1 aromatic rings. The van der Waals surface area contributed by atoms with E-state index >= 15 is 0 Å². The van der Waals surface area contributed by atoms with Gasteiger partial charge in [0.05, 0.1) is 12.3 Å². The van der Waals surface area contributed by atoms with Crippen molar-refractivity contribution >= 4 is 0 Å². The van der Waals surface area contributed by atoms with Gasteiger partial charge in [-0.3, -0.25) is 9.80 Å². The zero-order chi connectivity index (χ0) is 21.1. The summed E-state index contributed by atoms with van der Waals surface area (Å²) in [7, 11) is 2.18. The summed E-state index contributed by atoms with van der Waals surface area (Å²) >= 11 is 0. The van der Waals surface area contributed by atoms with Gasteiger partial charge in [-0.1, -0.05) is 51.1 Å². The largest absolute Gasteiger partial charge is 0.297 e. The molecule has 0 amide bonds. The molecular weight excluding hydrogens is 356 g/mol. The van der Waals surface area contributed by atoms with Gasteiger partial charge >= 0.3 is 0 Å². The van der Waals surface area contributed by atoms with Crippen molar-refractivity contribution in [1.82, 2.24) is 20.2 Å². The summed E-state index contributed by atoms with van der Waals surface area (Å²) in [5.41, 5.74) is 5.16. The third-order valence-electron chi connectivity index (χ3n) is 7.59. The van der Waals surface area contributed by atoms with Crippen LogP contribution in [0.15, 0.2) is 30.3 Å². The first-order valence-electron chi connectivity index (χ1n) is 11.9. The zero-order valence-electron chi connectivity index (χ0n) is 19.8. The summed E-state index contributed by atoms with van der Waals surface area (Å²) in [5, 5.41) is 2.29. The molecule has 2 saturated heterocycles. The number of hydrazine groups is 1. The molecule has 29 heavy (non-hydrogen) atoms. The maximum atomic E-state index is 3.69. The number of benzene rings is 1. The van der Waals surface area contributed by atoms with E-state index in [0.717, 1.165) is 5.92 Å². The SMILES string of the molecule is CC(C)C1NN(C)C(C)N1C(C)CC1CC(C)C(C)N1CCCc1ccccc1. The van der Waals surface area contributed by atoms with Gasteiger partial charge in [-0.15, -0.1) is 0 Å². The van der Waals surface area contributed by atoms with Gasteiger partial charge in [-0.2, -0.15) is 0 Å². The Morgan fingerprint density at radius 1 is 1.07 bits per heavy atom. The van der Waals surface area contributed by atoms with Crippen molar-refractivity contribution in [2.75, 3.05) is 13.6 Å². The van der Waals surface area contributed by atoms with Gasteiger partial charge in [0.15, 0.2) is 0 Å². The van der Waals surface area contributed by atoms with Crippen LogP contribution in [0.2, 0.25) is 0 Å². The predicted molar refractivity (Wildman–Crippen MR) is 123 cm³/mol. The minimum atomic E-state index is 0.438. The molecular formula is C25H44N4. The van der Waals surface area contributed by atoms with Crippen LogP contribution in [0.1, 0.15) is 66.4 Å². The molecule has 0 spiro atoms. The monoisotopic (exact) mass is 400 g/mol. The Morgan fingerprint density at radius 2 is 1.76 bits per heavy atom. The maximum absolute atomic E-state index is 3.69.